The lowest BCUT2D eigenvalue weighted by molar-refractivity contribution is 0.0998. The zero-order valence-electron chi connectivity index (χ0n) is 13.7. The first-order valence-corrected chi connectivity index (χ1v) is 8.75. The van der Waals surface area contributed by atoms with Gasteiger partial charge in [-0.15, -0.1) is 0 Å². The van der Waals surface area contributed by atoms with Gasteiger partial charge in [0.15, 0.2) is 4.80 Å². The molecule has 0 N–H and O–H groups in total. The molecule has 0 saturated heterocycles. The van der Waals surface area contributed by atoms with Crippen LogP contribution in [0.4, 0.5) is 0 Å². The fourth-order valence-electron chi connectivity index (χ4n) is 2.64. The number of fused-ring (bicyclic) bond motifs is 1. The van der Waals surface area contributed by atoms with Crippen LogP contribution in [0, 0.1) is 6.92 Å². The number of aromatic nitrogens is 1. The van der Waals surface area contributed by atoms with Crippen LogP contribution in [-0.4, -0.2) is 17.6 Å². The number of benzene rings is 2. The van der Waals surface area contributed by atoms with Gasteiger partial charge in [-0.25, -0.2) is 0 Å². The number of ether oxygens (including phenoxy) is 1. The van der Waals surface area contributed by atoms with Gasteiger partial charge >= 0.3 is 0 Å². The molecule has 4 nitrogen and oxygen atoms in total. The van der Waals surface area contributed by atoms with Gasteiger partial charge in [0.25, 0.3) is 5.91 Å². The average molecular weight is 361 g/mol. The zero-order chi connectivity index (χ0) is 17.3. The molecule has 0 radical (unpaired) electrons. The van der Waals surface area contributed by atoms with E-state index in [9.17, 15) is 4.79 Å². The van der Waals surface area contributed by atoms with Crippen molar-refractivity contribution in [1.82, 2.24) is 4.57 Å². The molecule has 1 heterocycles. The molecule has 0 unspecified atom stereocenters. The summed E-state index contributed by atoms with van der Waals surface area (Å²) in [5, 5.41) is 0.692. The van der Waals surface area contributed by atoms with Crippen molar-refractivity contribution in [3.8, 4) is 5.75 Å². The number of aryl methyl sites for hydroxylation is 2. The van der Waals surface area contributed by atoms with E-state index in [4.69, 9.17) is 16.3 Å². The van der Waals surface area contributed by atoms with Crippen molar-refractivity contribution in [3.05, 3.63) is 57.3 Å². The van der Waals surface area contributed by atoms with Crippen LogP contribution in [0.15, 0.2) is 41.4 Å². The number of thiazole rings is 1. The fraction of sp³-hybridized carbons (Fsp3) is 0.222. The van der Waals surface area contributed by atoms with E-state index >= 15 is 0 Å². The highest BCUT2D eigenvalue weighted by molar-refractivity contribution is 7.16. The minimum Gasteiger partial charge on any atom is -0.497 e. The second-order valence-corrected chi connectivity index (χ2v) is 6.79. The molecule has 3 rings (SSSR count). The van der Waals surface area contributed by atoms with E-state index in [1.165, 1.54) is 11.3 Å². The number of nitrogens with zero attached hydrogens (tertiary/aromatic N) is 2. The third kappa shape index (κ3) is 3.09. The first-order valence-electron chi connectivity index (χ1n) is 7.56. The molecule has 1 aromatic heterocycles. The molecule has 0 aliphatic rings. The number of carbonyl (C=O) groups is 1. The Bertz CT molecular complexity index is 971. The standard InChI is InChI=1S/C18H17ClN2O2S/c1-4-21-16-11(2)9-13(19)10-15(16)24-18(21)20-17(22)12-5-7-14(23-3)8-6-12/h5-10H,4H2,1-3H3. The molecule has 0 atom stereocenters. The van der Waals surface area contributed by atoms with Gasteiger partial charge in [0, 0.05) is 17.1 Å². The molecule has 0 saturated carbocycles. The number of hydrogen-bond acceptors (Lipinski definition) is 3. The van der Waals surface area contributed by atoms with Crippen LogP contribution in [0.1, 0.15) is 22.8 Å². The molecular weight excluding hydrogens is 344 g/mol. The van der Waals surface area contributed by atoms with Gasteiger partial charge in [-0.2, -0.15) is 4.99 Å². The van der Waals surface area contributed by atoms with Crippen LogP contribution in [-0.2, 0) is 6.54 Å². The predicted octanol–water partition coefficient (Wildman–Crippen LogP) is 4.43. The van der Waals surface area contributed by atoms with Crippen LogP contribution in [0.25, 0.3) is 10.2 Å². The summed E-state index contributed by atoms with van der Waals surface area (Å²) in [7, 11) is 1.59. The highest BCUT2D eigenvalue weighted by Gasteiger charge is 2.11. The lowest BCUT2D eigenvalue weighted by Gasteiger charge is -2.04. The van der Waals surface area contributed by atoms with Crippen molar-refractivity contribution in [3.63, 3.8) is 0 Å². The molecule has 0 fully saturated rings. The van der Waals surface area contributed by atoms with E-state index in [1.807, 2.05) is 30.5 Å². The number of carbonyl (C=O) groups excluding carboxylic acids is 1. The summed E-state index contributed by atoms with van der Waals surface area (Å²) in [6.45, 7) is 4.79. The van der Waals surface area contributed by atoms with Gasteiger partial charge in [0.05, 0.1) is 17.3 Å². The SMILES string of the molecule is CCn1c(=NC(=O)c2ccc(OC)cc2)sc2cc(Cl)cc(C)c21. The lowest BCUT2D eigenvalue weighted by Crippen LogP contribution is -2.16. The maximum atomic E-state index is 12.5. The molecule has 6 heteroatoms. The minimum absolute atomic E-state index is 0.268. The highest BCUT2D eigenvalue weighted by atomic mass is 35.5. The summed E-state index contributed by atoms with van der Waals surface area (Å²) in [6, 6.07) is 10.8. The monoisotopic (exact) mass is 360 g/mol. The van der Waals surface area contributed by atoms with Gasteiger partial charge in [0.1, 0.15) is 5.75 Å². The van der Waals surface area contributed by atoms with Gasteiger partial charge < -0.3 is 9.30 Å². The maximum absolute atomic E-state index is 12.5. The van der Waals surface area contributed by atoms with Crippen molar-refractivity contribution in [2.75, 3.05) is 7.11 Å². The van der Waals surface area contributed by atoms with Crippen LogP contribution < -0.4 is 9.54 Å². The van der Waals surface area contributed by atoms with Crippen molar-refractivity contribution < 1.29 is 9.53 Å². The minimum atomic E-state index is -0.268. The summed E-state index contributed by atoms with van der Waals surface area (Å²) < 4.78 is 8.19. The van der Waals surface area contributed by atoms with E-state index in [1.54, 1.807) is 31.4 Å². The Labute approximate surface area is 149 Å². The first kappa shape index (κ1) is 16.7. The molecule has 0 bridgehead atoms. The van der Waals surface area contributed by atoms with Crippen LogP contribution >= 0.6 is 22.9 Å². The van der Waals surface area contributed by atoms with Crippen molar-refractivity contribution >= 4 is 39.1 Å². The molecule has 0 aliphatic carbocycles. The maximum Gasteiger partial charge on any atom is 0.279 e. The summed E-state index contributed by atoms with van der Waals surface area (Å²) in [5.41, 5.74) is 2.69. The fourth-order valence-corrected chi connectivity index (χ4v) is 4.19. The average Bonchev–Trinajstić information content (AvgIpc) is 2.92. The number of halogens is 1. The van der Waals surface area contributed by atoms with E-state index < -0.39 is 0 Å². The molecule has 2 aromatic carbocycles. The van der Waals surface area contributed by atoms with Crippen LogP contribution in [0.5, 0.6) is 5.75 Å². The quantitative estimate of drug-likeness (QED) is 0.693. The number of amides is 1. The lowest BCUT2D eigenvalue weighted by atomic mass is 10.2. The molecule has 0 aliphatic heterocycles. The van der Waals surface area contributed by atoms with Gasteiger partial charge in [-0.1, -0.05) is 22.9 Å². The summed E-state index contributed by atoms with van der Waals surface area (Å²) in [6.07, 6.45) is 0. The summed E-state index contributed by atoms with van der Waals surface area (Å²) in [4.78, 5) is 17.5. The molecule has 124 valence electrons. The first-order chi connectivity index (χ1) is 11.5. The second kappa shape index (κ2) is 6.79. The largest absolute Gasteiger partial charge is 0.497 e. The predicted molar refractivity (Wildman–Crippen MR) is 98.1 cm³/mol. The van der Waals surface area contributed by atoms with Gasteiger partial charge in [-0.05, 0) is 55.8 Å². The Hall–Kier alpha value is -2.11. The molecule has 1 amide bonds. The van der Waals surface area contributed by atoms with Gasteiger partial charge in [-0.3, -0.25) is 4.79 Å². The Balaban J connectivity index is 2.11. The highest BCUT2D eigenvalue weighted by Crippen LogP contribution is 2.25. The normalized spacial score (nSPS) is 11.9. The Kier molecular flexibility index (Phi) is 4.73. The number of methoxy groups -OCH3 is 1. The van der Waals surface area contributed by atoms with Crippen LogP contribution in [0.3, 0.4) is 0 Å². The third-order valence-electron chi connectivity index (χ3n) is 3.78. The number of hydrogen-bond donors (Lipinski definition) is 0. The number of rotatable bonds is 3. The van der Waals surface area contributed by atoms with E-state index in [0.29, 0.717) is 21.1 Å². The molecule has 3 aromatic rings. The van der Waals surface area contributed by atoms with Crippen LogP contribution in [0.2, 0.25) is 5.02 Å². The Morgan fingerprint density at radius 2 is 2.00 bits per heavy atom. The smallest absolute Gasteiger partial charge is 0.279 e. The third-order valence-corrected chi connectivity index (χ3v) is 5.03. The van der Waals surface area contributed by atoms with E-state index in [-0.39, 0.29) is 5.91 Å². The topological polar surface area (TPSA) is 43.6 Å². The van der Waals surface area contributed by atoms with Gasteiger partial charge in [0.2, 0.25) is 0 Å². The summed E-state index contributed by atoms with van der Waals surface area (Å²) in [5.74, 6) is 0.442. The molecule has 0 spiro atoms. The second-order valence-electron chi connectivity index (χ2n) is 5.34. The van der Waals surface area contributed by atoms with Crippen molar-refractivity contribution in [2.45, 2.75) is 20.4 Å². The van der Waals surface area contributed by atoms with E-state index in [2.05, 4.69) is 4.99 Å². The summed E-state index contributed by atoms with van der Waals surface area (Å²) >= 11 is 7.62. The molecule has 24 heavy (non-hydrogen) atoms. The Morgan fingerprint density at radius 3 is 2.62 bits per heavy atom. The zero-order valence-corrected chi connectivity index (χ0v) is 15.2. The van der Waals surface area contributed by atoms with Crippen molar-refractivity contribution in [2.24, 2.45) is 4.99 Å². The van der Waals surface area contributed by atoms with E-state index in [0.717, 1.165) is 22.3 Å². The molecular formula is C18H17ClN2O2S. The Morgan fingerprint density at radius 1 is 1.29 bits per heavy atom. The van der Waals surface area contributed by atoms with Crippen molar-refractivity contribution in [1.29, 1.82) is 0 Å².